The summed E-state index contributed by atoms with van der Waals surface area (Å²) in [4.78, 5) is 12.1. The monoisotopic (exact) mass is 198 g/mol. The molecule has 0 fully saturated rings. The molecule has 0 spiro atoms. The van der Waals surface area contributed by atoms with E-state index in [1.165, 1.54) is 10.4 Å². The van der Waals surface area contributed by atoms with Gasteiger partial charge in [-0.15, -0.1) is 11.3 Å². The second-order valence-electron chi connectivity index (χ2n) is 2.66. The molecule has 0 aliphatic heterocycles. The molecule has 0 aromatic carbocycles. The number of urea groups is 1. The largest absolute Gasteiger partial charge is 0.341 e. The van der Waals surface area contributed by atoms with Crippen LogP contribution in [0.25, 0.3) is 0 Å². The van der Waals surface area contributed by atoms with Gasteiger partial charge in [0.05, 0.1) is 6.54 Å². The lowest BCUT2D eigenvalue weighted by molar-refractivity contribution is 0.242. The minimum Gasteiger partial charge on any atom is -0.341 e. The van der Waals surface area contributed by atoms with Crippen molar-refractivity contribution in [2.45, 2.75) is 19.9 Å². The Morgan fingerprint density at radius 1 is 1.62 bits per heavy atom. The van der Waals surface area contributed by atoms with Crippen LogP contribution in [0, 0.1) is 0 Å². The maximum atomic E-state index is 10.9. The zero-order valence-electron chi connectivity index (χ0n) is 7.89. The van der Waals surface area contributed by atoms with Crippen molar-refractivity contribution >= 4 is 17.4 Å². The first-order valence-electron chi connectivity index (χ1n) is 4.28. The van der Waals surface area contributed by atoms with Gasteiger partial charge in [-0.2, -0.15) is 0 Å². The van der Waals surface area contributed by atoms with Gasteiger partial charge in [0, 0.05) is 11.9 Å². The molecular weight excluding hydrogens is 184 g/mol. The Kier molecular flexibility index (Phi) is 3.76. The van der Waals surface area contributed by atoms with E-state index >= 15 is 0 Å². The summed E-state index contributed by atoms with van der Waals surface area (Å²) in [6, 6.07) is 1.97. The first-order valence-corrected chi connectivity index (χ1v) is 5.16. The summed E-state index contributed by atoms with van der Waals surface area (Å²) in [6.45, 7) is 2.74. The van der Waals surface area contributed by atoms with Crippen molar-refractivity contribution in [2.75, 3.05) is 7.05 Å². The van der Waals surface area contributed by atoms with Gasteiger partial charge >= 0.3 is 6.03 Å². The molecule has 4 heteroatoms. The molecule has 0 saturated heterocycles. The highest BCUT2D eigenvalue weighted by molar-refractivity contribution is 7.10. The molecule has 0 bridgehead atoms. The fourth-order valence-electron chi connectivity index (χ4n) is 1.09. The summed E-state index contributed by atoms with van der Waals surface area (Å²) in [5, 5.41) is 7.34. The van der Waals surface area contributed by atoms with Crippen LogP contribution in [0.4, 0.5) is 4.79 Å². The van der Waals surface area contributed by atoms with E-state index in [-0.39, 0.29) is 6.03 Å². The highest BCUT2D eigenvalue weighted by atomic mass is 32.1. The second-order valence-corrected chi connectivity index (χ2v) is 3.66. The van der Waals surface area contributed by atoms with Gasteiger partial charge in [-0.25, -0.2) is 4.79 Å². The fourth-order valence-corrected chi connectivity index (χ4v) is 2.00. The summed E-state index contributed by atoms with van der Waals surface area (Å²) in [6.07, 6.45) is 1.02. The minimum atomic E-state index is -0.129. The van der Waals surface area contributed by atoms with Gasteiger partial charge in [-0.1, -0.05) is 6.92 Å². The van der Waals surface area contributed by atoms with Crippen LogP contribution in [-0.4, -0.2) is 13.1 Å². The molecule has 2 N–H and O–H groups in total. The number of carbonyl (C=O) groups excluding carboxylic acids is 1. The predicted octanol–water partition coefficient (Wildman–Crippen LogP) is 1.74. The lowest BCUT2D eigenvalue weighted by Crippen LogP contribution is -2.32. The van der Waals surface area contributed by atoms with Gasteiger partial charge < -0.3 is 10.6 Å². The van der Waals surface area contributed by atoms with Crippen LogP contribution in [0.3, 0.4) is 0 Å². The predicted molar refractivity (Wildman–Crippen MR) is 55.0 cm³/mol. The van der Waals surface area contributed by atoms with E-state index in [4.69, 9.17) is 0 Å². The number of hydrogen-bond acceptors (Lipinski definition) is 2. The summed E-state index contributed by atoms with van der Waals surface area (Å²) in [5.74, 6) is 0. The van der Waals surface area contributed by atoms with E-state index in [0.717, 1.165) is 6.42 Å². The third-order valence-electron chi connectivity index (χ3n) is 1.86. The van der Waals surface area contributed by atoms with Gasteiger partial charge in [0.1, 0.15) is 0 Å². The minimum absolute atomic E-state index is 0.129. The summed E-state index contributed by atoms with van der Waals surface area (Å²) in [7, 11) is 1.62. The standard InChI is InChI=1S/C9H14N2OS/c1-3-7-4-5-13-8(7)6-11-9(12)10-2/h4-5H,3,6H2,1-2H3,(H2,10,11,12). The van der Waals surface area contributed by atoms with Crippen molar-refractivity contribution in [3.05, 3.63) is 21.9 Å². The van der Waals surface area contributed by atoms with Crippen molar-refractivity contribution in [3.8, 4) is 0 Å². The topological polar surface area (TPSA) is 41.1 Å². The zero-order valence-corrected chi connectivity index (χ0v) is 8.70. The van der Waals surface area contributed by atoms with Crippen LogP contribution < -0.4 is 10.6 Å². The molecule has 1 heterocycles. The summed E-state index contributed by atoms with van der Waals surface area (Å²) >= 11 is 1.68. The fraction of sp³-hybridized carbons (Fsp3) is 0.444. The number of carbonyl (C=O) groups is 1. The van der Waals surface area contributed by atoms with Crippen LogP contribution >= 0.6 is 11.3 Å². The van der Waals surface area contributed by atoms with Crippen molar-refractivity contribution < 1.29 is 4.79 Å². The van der Waals surface area contributed by atoms with Crippen LogP contribution in [0.2, 0.25) is 0 Å². The highest BCUT2D eigenvalue weighted by Crippen LogP contribution is 2.16. The number of rotatable bonds is 3. The van der Waals surface area contributed by atoms with E-state index in [2.05, 4.69) is 29.0 Å². The molecule has 1 aromatic heterocycles. The van der Waals surface area contributed by atoms with E-state index in [0.29, 0.717) is 6.54 Å². The van der Waals surface area contributed by atoms with E-state index in [9.17, 15) is 4.79 Å². The molecule has 0 radical (unpaired) electrons. The Labute approximate surface area is 82.2 Å². The van der Waals surface area contributed by atoms with E-state index in [1.807, 2.05) is 0 Å². The molecule has 0 aliphatic rings. The van der Waals surface area contributed by atoms with E-state index in [1.54, 1.807) is 18.4 Å². The van der Waals surface area contributed by atoms with Crippen molar-refractivity contribution in [1.82, 2.24) is 10.6 Å². The summed E-state index contributed by atoms with van der Waals surface area (Å²) in [5.41, 5.74) is 1.32. The molecule has 0 unspecified atom stereocenters. The molecule has 0 aliphatic carbocycles. The van der Waals surface area contributed by atoms with Crippen molar-refractivity contribution in [3.63, 3.8) is 0 Å². The lowest BCUT2D eigenvalue weighted by atomic mass is 10.2. The third kappa shape index (κ3) is 2.73. The Morgan fingerprint density at radius 3 is 3.00 bits per heavy atom. The molecule has 1 aromatic rings. The van der Waals surface area contributed by atoms with Crippen molar-refractivity contribution in [2.24, 2.45) is 0 Å². The number of thiophene rings is 1. The highest BCUT2D eigenvalue weighted by Gasteiger charge is 2.03. The molecular formula is C9H14N2OS. The van der Waals surface area contributed by atoms with Gasteiger partial charge in [0.15, 0.2) is 0 Å². The maximum absolute atomic E-state index is 10.9. The van der Waals surface area contributed by atoms with Gasteiger partial charge in [-0.3, -0.25) is 0 Å². The van der Waals surface area contributed by atoms with Gasteiger partial charge in [-0.05, 0) is 23.4 Å². The Morgan fingerprint density at radius 2 is 2.38 bits per heavy atom. The average Bonchev–Trinajstić information content (AvgIpc) is 2.61. The average molecular weight is 198 g/mol. The van der Waals surface area contributed by atoms with Crippen LogP contribution in [-0.2, 0) is 13.0 Å². The Bertz CT molecular complexity index is 283. The van der Waals surface area contributed by atoms with Gasteiger partial charge in [0.25, 0.3) is 0 Å². The first-order chi connectivity index (χ1) is 6.27. The summed E-state index contributed by atoms with van der Waals surface area (Å²) < 4.78 is 0. The first kappa shape index (κ1) is 10.1. The number of amides is 2. The smallest absolute Gasteiger partial charge is 0.314 e. The third-order valence-corrected chi connectivity index (χ3v) is 2.82. The molecule has 0 atom stereocenters. The molecule has 72 valence electrons. The molecule has 0 saturated carbocycles. The normalized spacial score (nSPS) is 9.69. The number of aryl methyl sites for hydroxylation is 1. The van der Waals surface area contributed by atoms with Crippen LogP contribution in [0.5, 0.6) is 0 Å². The van der Waals surface area contributed by atoms with Gasteiger partial charge in [0.2, 0.25) is 0 Å². The van der Waals surface area contributed by atoms with Crippen LogP contribution in [0.1, 0.15) is 17.4 Å². The zero-order chi connectivity index (χ0) is 9.68. The lowest BCUT2D eigenvalue weighted by Gasteiger charge is -2.03. The molecule has 13 heavy (non-hydrogen) atoms. The SMILES string of the molecule is CCc1ccsc1CNC(=O)NC. The number of hydrogen-bond donors (Lipinski definition) is 2. The molecule has 2 amide bonds. The maximum Gasteiger partial charge on any atom is 0.314 e. The van der Waals surface area contributed by atoms with Crippen LogP contribution in [0.15, 0.2) is 11.4 Å². The second kappa shape index (κ2) is 4.87. The Balaban J connectivity index is 2.49. The number of nitrogens with one attached hydrogen (secondary N) is 2. The van der Waals surface area contributed by atoms with E-state index < -0.39 is 0 Å². The molecule has 1 rings (SSSR count). The Hall–Kier alpha value is -1.03. The quantitative estimate of drug-likeness (QED) is 0.763. The molecule has 3 nitrogen and oxygen atoms in total. The van der Waals surface area contributed by atoms with Crippen molar-refractivity contribution in [1.29, 1.82) is 0 Å².